The number of hydrogen-bond donors (Lipinski definition) is 1. The summed E-state index contributed by atoms with van der Waals surface area (Å²) in [5.41, 5.74) is 1.31. The molecule has 1 aromatic heterocycles. The molecule has 0 spiro atoms. The fourth-order valence-electron chi connectivity index (χ4n) is 2.30. The number of nitrogens with one attached hydrogen (secondary N) is 1. The van der Waals surface area contributed by atoms with Crippen molar-refractivity contribution in [2.45, 2.75) is 44.7 Å². The monoisotopic (exact) mass is 219 g/mol. The first-order valence-corrected chi connectivity index (χ1v) is 6.19. The van der Waals surface area contributed by atoms with Crippen molar-refractivity contribution >= 4 is 0 Å². The molecule has 0 aliphatic heterocycles. The van der Waals surface area contributed by atoms with Crippen molar-refractivity contribution in [2.75, 3.05) is 0 Å². The number of rotatable bonds is 4. The van der Waals surface area contributed by atoms with Gasteiger partial charge in [0.1, 0.15) is 0 Å². The van der Waals surface area contributed by atoms with Crippen LogP contribution in [0.3, 0.4) is 0 Å². The number of nitrogens with zero attached hydrogens (tertiary/aromatic N) is 2. The average molecular weight is 219 g/mol. The maximum Gasteiger partial charge on any atom is 0.0537 e. The largest absolute Gasteiger partial charge is 0.307 e. The summed E-state index contributed by atoms with van der Waals surface area (Å²) in [7, 11) is 1.97. The summed E-state index contributed by atoms with van der Waals surface area (Å²) < 4.78 is 1.88. The fourth-order valence-corrected chi connectivity index (χ4v) is 2.30. The van der Waals surface area contributed by atoms with Crippen LogP contribution in [0.4, 0.5) is 0 Å². The van der Waals surface area contributed by atoms with E-state index in [4.69, 9.17) is 0 Å². The van der Waals surface area contributed by atoms with E-state index in [9.17, 15) is 0 Å². The Labute approximate surface area is 97.5 Å². The van der Waals surface area contributed by atoms with E-state index < -0.39 is 0 Å². The first kappa shape index (κ1) is 11.4. The Hall–Kier alpha value is -1.09. The predicted molar refractivity (Wildman–Crippen MR) is 66.2 cm³/mol. The van der Waals surface area contributed by atoms with Gasteiger partial charge in [-0.3, -0.25) is 4.68 Å². The zero-order valence-corrected chi connectivity index (χ0v) is 10.2. The smallest absolute Gasteiger partial charge is 0.0537 e. The van der Waals surface area contributed by atoms with Gasteiger partial charge in [0, 0.05) is 30.9 Å². The summed E-state index contributed by atoms with van der Waals surface area (Å²) in [5.74, 6) is 0. The zero-order chi connectivity index (χ0) is 11.4. The summed E-state index contributed by atoms with van der Waals surface area (Å²) in [6.45, 7) is 2.23. The van der Waals surface area contributed by atoms with Crippen molar-refractivity contribution in [3.8, 4) is 0 Å². The van der Waals surface area contributed by atoms with Crippen molar-refractivity contribution < 1.29 is 0 Å². The lowest BCUT2D eigenvalue weighted by Gasteiger charge is -2.25. The Balaban J connectivity index is 1.97. The van der Waals surface area contributed by atoms with Crippen molar-refractivity contribution in [1.82, 2.24) is 15.1 Å². The molecule has 3 nitrogen and oxygen atoms in total. The predicted octanol–water partition coefficient (Wildman–Crippen LogP) is 2.57. The molecule has 0 radical (unpaired) electrons. The highest BCUT2D eigenvalue weighted by atomic mass is 15.2. The van der Waals surface area contributed by atoms with E-state index in [0.29, 0.717) is 12.1 Å². The van der Waals surface area contributed by atoms with Gasteiger partial charge >= 0.3 is 0 Å². The van der Waals surface area contributed by atoms with Gasteiger partial charge in [-0.25, -0.2) is 0 Å². The molecule has 1 heterocycles. The first-order valence-electron chi connectivity index (χ1n) is 6.19. The Morgan fingerprint density at radius 1 is 1.56 bits per heavy atom. The van der Waals surface area contributed by atoms with E-state index in [2.05, 4.69) is 35.7 Å². The standard InChI is InChI=1S/C13H21N3/c1-3-13(11-9-14-16(2)10-11)15-12-7-5-4-6-8-12/h4-5,9-10,12-13,15H,3,6-8H2,1-2H3. The summed E-state index contributed by atoms with van der Waals surface area (Å²) in [4.78, 5) is 0. The third-order valence-corrected chi connectivity index (χ3v) is 3.24. The van der Waals surface area contributed by atoms with Crippen molar-refractivity contribution in [3.63, 3.8) is 0 Å². The molecular formula is C13H21N3. The molecule has 1 N–H and O–H groups in total. The van der Waals surface area contributed by atoms with Gasteiger partial charge in [-0.2, -0.15) is 5.10 Å². The molecule has 0 aromatic carbocycles. The Kier molecular flexibility index (Phi) is 3.78. The second kappa shape index (κ2) is 5.30. The summed E-state index contributed by atoms with van der Waals surface area (Å²) in [6, 6.07) is 1.08. The number of aryl methyl sites for hydroxylation is 1. The number of hydrogen-bond acceptors (Lipinski definition) is 2. The normalized spacial score (nSPS) is 22.2. The van der Waals surface area contributed by atoms with E-state index in [1.54, 1.807) is 0 Å². The second-order valence-corrected chi connectivity index (χ2v) is 4.56. The van der Waals surface area contributed by atoms with Gasteiger partial charge in [-0.15, -0.1) is 0 Å². The molecule has 1 aromatic rings. The first-order chi connectivity index (χ1) is 7.79. The molecular weight excluding hydrogens is 198 g/mol. The topological polar surface area (TPSA) is 29.9 Å². The summed E-state index contributed by atoms with van der Waals surface area (Å²) >= 11 is 0. The highest BCUT2D eigenvalue weighted by Gasteiger charge is 2.16. The minimum atomic E-state index is 0.449. The number of aromatic nitrogens is 2. The van der Waals surface area contributed by atoms with Crippen LogP contribution in [0.2, 0.25) is 0 Å². The summed E-state index contributed by atoms with van der Waals surface area (Å²) in [6.07, 6.45) is 13.4. The molecule has 2 atom stereocenters. The molecule has 88 valence electrons. The third-order valence-electron chi connectivity index (χ3n) is 3.24. The Bertz CT molecular complexity index is 354. The van der Waals surface area contributed by atoms with Gasteiger partial charge in [0.25, 0.3) is 0 Å². The Morgan fingerprint density at radius 2 is 2.44 bits per heavy atom. The van der Waals surface area contributed by atoms with Crippen LogP contribution >= 0.6 is 0 Å². The molecule has 0 fully saturated rings. The molecule has 0 bridgehead atoms. The van der Waals surface area contributed by atoms with Gasteiger partial charge in [0.05, 0.1) is 6.20 Å². The highest BCUT2D eigenvalue weighted by molar-refractivity contribution is 5.10. The molecule has 1 aliphatic carbocycles. The third kappa shape index (κ3) is 2.73. The molecule has 2 rings (SSSR count). The SMILES string of the molecule is CCC(NC1CC=CCC1)c1cnn(C)c1. The molecule has 0 saturated heterocycles. The van der Waals surface area contributed by atoms with Crippen LogP contribution in [0.25, 0.3) is 0 Å². The lowest BCUT2D eigenvalue weighted by Crippen LogP contribution is -2.33. The summed E-state index contributed by atoms with van der Waals surface area (Å²) in [5, 5.41) is 7.97. The van der Waals surface area contributed by atoms with E-state index in [1.807, 2.05) is 17.9 Å². The minimum Gasteiger partial charge on any atom is -0.307 e. The molecule has 3 heteroatoms. The van der Waals surface area contributed by atoms with Crippen LogP contribution < -0.4 is 5.32 Å². The van der Waals surface area contributed by atoms with Crippen LogP contribution in [-0.4, -0.2) is 15.8 Å². The molecule has 1 aliphatic rings. The fraction of sp³-hybridized carbons (Fsp3) is 0.615. The van der Waals surface area contributed by atoms with Crippen molar-refractivity contribution in [2.24, 2.45) is 7.05 Å². The maximum absolute atomic E-state index is 4.24. The van der Waals surface area contributed by atoms with E-state index in [1.165, 1.54) is 18.4 Å². The van der Waals surface area contributed by atoms with E-state index >= 15 is 0 Å². The molecule has 0 saturated carbocycles. The van der Waals surface area contributed by atoms with Crippen LogP contribution in [-0.2, 0) is 7.05 Å². The van der Waals surface area contributed by atoms with Crippen LogP contribution in [0.1, 0.15) is 44.2 Å². The average Bonchev–Trinajstić information content (AvgIpc) is 2.74. The molecule has 16 heavy (non-hydrogen) atoms. The van der Waals surface area contributed by atoms with Crippen molar-refractivity contribution in [3.05, 3.63) is 30.1 Å². The number of allylic oxidation sites excluding steroid dienone is 1. The molecule has 2 unspecified atom stereocenters. The van der Waals surface area contributed by atoms with Gasteiger partial charge < -0.3 is 5.32 Å². The van der Waals surface area contributed by atoms with Gasteiger partial charge in [-0.05, 0) is 25.7 Å². The maximum atomic E-state index is 4.24. The lowest BCUT2D eigenvalue weighted by atomic mass is 9.99. The van der Waals surface area contributed by atoms with Gasteiger partial charge in [0.15, 0.2) is 0 Å². The van der Waals surface area contributed by atoms with E-state index in [0.717, 1.165) is 12.8 Å². The highest BCUT2D eigenvalue weighted by Crippen LogP contribution is 2.20. The quantitative estimate of drug-likeness (QED) is 0.789. The van der Waals surface area contributed by atoms with Crippen LogP contribution in [0.5, 0.6) is 0 Å². The second-order valence-electron chi connectivity index (χ2n) is 4.56. The Morgan fingerprint density at radius 3 is 3.00 bits per heavy atom. The van der Waals surface area contributed by atoms with Gasteiger partial charge in [-0.1, -0.05) is 19.1 Å². The minimum absolute atomic E-state index is 0.449. The van der Waals surface area contributed by atoms with Gasteiger partial charge in [0.2, 0.25) is 0 Å². The van der Waals surface area contributed by atoms with E-state index in [-0.39, 0.29) is 0 Å². The van der Waals surface area contributed by atoms with Crippen LogP contribution in [0.15, 0.2) is 24.5 Å². The lowest BCUT2D eigenvalue weighted by molar-refractivity contribution is 0.402. The molecule has 0 amide bonds. The zero-order valence-electron chi connectivity index (χ0n) is 10.2. The van der Waals surface area contributed by atoms with Crippen molar-refractivity contribution in [1.29, 1.82) is 0 Å². The van der Waals surface area contributed by atoms with Crippen LogP contribution in [0, 0.1) is 0 Å².